The fourth-order valence-corrected chi connectivity index (χ4v) is 3.32. The summed E-state index contributed by atoms with van der Waals surface area (Å²) in [4.78, 5) is 0. The van der Waals surface area contributed by atoms with E-state index < -0.39 is 5.92 Å². The fraction of sp³-hybridized carbons (Fsp3) is 0.625. The topological polar surface area (TPSA) is 44.5 Å². The highest BCUT2D eigenvalue weighted by atomic mass is 19.3. The normalized spacial score (nSPS) is 17.8. The Labute approximate surface area is 124 Å². The predicted octanol–water partition coefficient (Wildman–Crippen LogP) is 3.59. The molecular formula is C16H23F2NO2. The minimum absolute atomic E-state index is 0.00694. The highest BCUT2D eigenvalue weighted by Crippen LogP contribution is 2.48. The first-order valence-corrected chi connectivity index (χ1v) is 7.23. The van der Waals surface area contributed by atoms with Gasteiger partial charge in [-0.3, -0.25) is 0 Å². The van der Waals surface area contributed by atoms with E-state index in [1.165, 1.54) is 20.3 Å². The van der Waals surface area contributed by atoms with Gasteiger partial charge < -0.3 is 15.2 Å². The lowest BCUT2D eigenvalue weighted by Gasteiger charge is -2.32. The van der Waals surface area contributed by atoms with Crippen LogP contribution in [0.5, 0.6) is 11.5 Å². The third kappa shape index (κ3) is 2.84. The Morgan fingerprint density at radius 3 is 2.10 bits per heavy atom. The maximum atomic E-state index is 14.1. The summed E-state index contributed by atoms with van der Waals surface area (Å²) in [5, 5.41) is 0. The molecule has 21 heavy (non-hydrogen) atoms. The van der Waals surface area contributed by atoms with Crippen LogP contribution in [0.2, 0.25) is 0 Å². The Balaban J connectivity index is 2.67. The molecule has 1 aliphatic rings. The number of nitrogens with two attached hydrogens (primary N) is 1. The molecule has 1 saturated carbocycles. The van der Waals surface area contributed by atoms with Crippen molar-refractivity contribution >= 4 is 0 Å². The van der Waals surface area contributed by atoms with Gasteiger partial charge in [0.05, 0.1) is 14.2 Å². The van der Waals surface area contributed by atoms with Crippen LogP contribution in [-0.2, 0) is 11.3 Å². The monoisotopic (exact) mass is 299 g/mol. The molecule has 3 nitrogen and oxygen atoms in total. The first-order valence-electron chi connectivity index (χ1n) is 7.23. The average molecular weight is 299 g/mol. The molecule has 0 amide bonds. The zero-order valence-electron chi connectivity index (χ0n) is 12.8. The molecule has 0 radical (unpaired) electrons. The summed E-state index contributed by atoms with van der Waals surface area (Å²) in [6.07, 6.45) is 3.70. The number of methoxy groups -OCH3 is 2. The third-order valence-electron chi connectivity index (χ3n) is 4.52. The Bertz CT molecular complexity index is 506. The summed E-state index contributed by atoms with van der Waals surface area (Å²) in [5.74, 6) is -2.15. The average Bonchev–Trinajstić information content (AvgIpc) is 2.94. The number of alkyl halides is 2. The van der Waals surface area contributed by atoms with Crippen LogP contribution in [0, 0.1) is 0 Å². The fourth-order valence-electron chi connectivity index (χ4n) is 3.32. The number of benzene rings is 1. The predicted molar refractivity (Wildman–Crippen MR) is 78.3 cm³/mol. The second-order valence-electron chi connectivity index (χ2n) is 5.83. The SMILES string of the molecule is COc1cc(C(C)(F)F)c(C2(CN)CCCC2)cc1OC. The Morgan fingerprint density at radius 1 is 1.14 bits per heavy atom. The molecule has 2 N–H and O–H groups in total. The van der Waals surface area contributed by atoms with Crippen molar-refractivity contribution < 1.29 is 18.3 Å². The van der Waals surface area contributed by atoms with Crippen LogP contribution in [0.15, 0.2) is 12.1 Å². The second-order valence-corrected chi connectivity index (χ2v) is 5.83. The first-order chi connectivity index (χ1) is 9.88. The molecule has 2 rings (SSSR count). The molecule has 0 heterocycles. The summed E-state index contributed by atoms with van der Waals surface area (Å²) in [6.45, 7) is 1.28. The Hall–Kier alpha value is -1.36. The van der Waals surface area contributed by atoms with E-state index in [0.717, 1.165) is 32.6 Å². The molecule has 0 spiro atoms. The molecule has 0 aromatic heterocycles. The number of ether oxygens (including phenoxy) is 2. The van der Waals surface area contributed by atoms with Gasteiger partial charge >= 0.3 is 0 Å². The minimum atomic E-state index is -2.94. The molecule has 5 heteroatoms. The van der Waals surface area contributed by atoms with Crippen molar-refractivity contribution in [2.45, 2.75) is 43.9 Å². The molecule has 0 bridgehead atoms. The van der Waals surface area contributed by atoms with Gasteiger partial charge in [0.15, 0.2) is 11.5 Å². The molecule has 1 aromatic rings. The van der Waals surface area contributed by atoms with E-state index in [4.69, 9.17) is 15.2 Å². The number of halogens is 2. The van der Waals surface area contributed by atoms with E-state index >= 15 is 0 Å². The zero-order chi connectivity index (χ0) is 15.7. The van der Waals surface area contributed by atoms with Crippen LogP contribution < -0.4 is 15.2 Å². The molecule has 0 atom stereocenters. The number of rotatable bonds is 5. The summed E-state index contributed by atoms with van der Waals surface area (Å²) in [6, 6.07) is 3.08. The van der Waals surface area contributed by atoms with Crippen molar-refractivity contribution in [2.75, 3.05) is 20.8 Å². The van der Waals surface area contributed by atoms with E-state index in [-0.39, 0.29) is 11.0 Å². The smallest absolute Gasteiger partial charge is 0.270 e. The highest BCUT2D eigenvalue weighted by molar-refractivity contribution is 5.52. The van der Waals surface area contributed by atoms with Gasteiger partial charge in [-0.25, -0.2) is 8.78 Å². The van der Waals surface area contributed by atoms with E-state index in [1.807, 2.05) is 0 Å². The maximum Gasteiger partial charge on any atom is 0.270 e. The second kappa shape index (κ2) is 5.79. The molecule has 1 aliphatic carbocycles. The van der Waals surface area contributed by atoms with E-state index in [2.05, 4.69) is 0 Å². The first kappa shape index (κ1) is 16.0. The van der Waals surface area contributed by atoms with Crippen LogP contribution in [-0.4, -0.2) is 20.8 Å². The lowest BCUT2D eigenvalue weighted by atomic mass is 9.75. The largest absolute Gasteiger partial charge is 0.493 e. The van der Waals surface area contributed by atoms with Crippen LogP contribution in [0.25, 0.3) is 0 Å². The van der Waals surface area contributed by atoms with E-state index in [9.17, 15) is 8.78 Å². The van der Waals surface area contributed by atoms with Gasteiger partial charge in [0.2, 0.25) is 0 Å². The lowest BCUT2D eigenvalue weighted by Crippen LogP contribution is -2.34. The van der Waals surface area contributed by atoms with Crippen molar-refractivity contribution in [3.63, 3.8) is 0 Å². The van der Waals surface area contributed by atoms with Gasteiger partial charge in [0.25, 0.3) is 5.92 Å². The molecule has 1 fully saturated rings. The van der Waals surface area contributed by atoms with Gasteiger partial charge in [0, 0.05) is 24.4 Å². The van der Waals surface area contributed by atoms with Crippen molar-refractivity contribution in [3.8, 4) is 11.5 Å². The standard InChI is InChI=1S/C16H23F2NO2/c1-15(17,18)11-8-13(20-2)14(21-3)9-12(11)16(10-19)6-4-5-7-16/h8-9H,4-7,10,19H2,1-3H3. The van der Waals surface area contributed by atoms with Gasteiger partial charge in [-0.2, -0.15) is 0 Å². The molecule has 118 valence electrons. The van der Waals surface area contributed by atoms with Gasteiger partial charge in [0.1, 0.15) is 0 Å². The quantitative estimate of drug-likeness (QED) is 0.903. The molecule has 1 aromatic carbocycles. The zero-order valence-corrected chi connectivity index (χ0v) is 12.8. The summed E-state index contributed by atoms with van der Waals surface area (Å²) < 4.78 is 38.6. The van der Waals surface area contributed by atoms with Crippen LogP contribution >= 0.6 is 0 Å². The Kier molecular flexibility index (Phi) is 4.42. The van der Waals surface area contributed by atoms with Crippen molar-refractivity contribution in [1.29, 1.82) is 0 Å². The van der Waals surface area contributed by atoms with Crippen LogP contribution in [0.4, 0.5) is 8.78 Å². The van der Waals surface area contributed by atoms with Gasteiger partial charge in [-0.1, -0.05) is 12.8 Å². The summed E-state index contributed by atoms with van der Waals surface area (Å²) in [7, 11) is 2.96. The molecule has 0 unspecified atom stereocenters. The van der Waals surface area contributed by atoms with Crippen LogP contribution in [0.1, 0.15) is 43.7 Å². The highest BCUT2D eigenvalue weighted by Gasteiger charge is 2.41. The number of hydrogen-bond acceptors (Lipinski definition) is 3. The van der Waals surface area contributed by atoms with Crippen molar-refractivity contribution in [1.82, 2.24) is 0 Å². The summed E-state index contributed by atoms with van der Waals surface area (Å²) >= 11 is 0. The third-order valence-corrected chi connectivity index (χ3v) is 4.52. The van der Waals surface area contributed by atoms with Gasteiger partial charge in [-0.15, -0.1) is 0 Å². The maximum absolute atomic E-state index is 14.1. The molecule has 0 saturated heterocycles. The molecular weight excluding hydrogens is 276 g/mol. The van der Waals surface area contributed by atoms with Gasteiger partial charge in [-0.05, 0) is 30.5 Å². The lowest BCUT2D eigenvalue weighted by molar-refractivity contribution is 0.0150. The van der Waals surface area contributed by atoms with Crippen molar-refractivity contribution in [3.05, 3.63) is 23.3 Å². The van der Waals surface area contributed by atoms with E-state index in [1.54, 1.807) is 6.07 Å². The van der Waals surface area contributed by atoms with Crippen molar-refractivity contribution in [2.24, 2.45) is 5.73 Å². The van der Waals surface area contributed by atoms with Crippen LogP contribution in [0.3, 0.4) is 0 Å². The number of hydrogen-bond donors (Lipinski definition) is 1. The van der Waals surface area contributed by atoms with E-state index in [0.29, 0.717) is 23.6 Å². The summed E-state index contributed by atoms with van der Waals surface area (Å²) in [5.41, 5.74) is 6.17. The molecule has 0 aliphatic heterocycles. The minimum Gasteiger partial charge on any atom is -0.493 e. The Morgan fingerprint density at radius 2 is 1.67 bits per heavy atom.